The highest BCUT2D eigenvalue weighted by molar-refractivity contribution is 14.0. The van der Waals surface area contributed by atoms with E-state index >= 15 is 0 Å². The number of para-hydroxylation sites is 1. The van der Waals surface area contributed by atoms with Crippen LogP contribution in [-0.2, 0) is 12.8 Å². The minimum atomic E-state index is 0. The van der Waals surface area contributed by atoms with Gasteiger partial charge in [-0.15, -0.1) is 24.0 Å². The zero-order valence-electron chi connectivity index (χ0n) is 16.1. The Balaban J connectivity index is 0.00000261. The summed E-state index contributed by atoms with van der Waals surface area (Å²) in [5, 5.41) is 10.6. The first-order valence-electron chi connectivity index (χ1n) is 9.17. The van der Waals surface area contributed by atoms with Gasteiger partial charge in [0.15, 0.2) is 11.8 Å². The van der Waals surface area contributed by atoms with E-state index in [0.29, 0.717) is 5.89 Å². The zero-order valence-corrected chi connectivity index (χ0v) is 18.4. The van der Waals surface area contributed by atoms with Crippen molar-refractivity contribution in [2.24, 2.45) is 4.99 Å². The molecule has 1 unspecified atom stereocenters. The van der Waals surface area contributed by atoms with E-state index in [0.717, 1.165) is 49.9 Å². The van der Waals surface area contributed by atoms with Crippen LogP contribution in [0.1, 0.15) is 43.5 Å². The van der Waals surface area contributed by atoms with Crippen LogP contribution >= 0.6 is 24.0 Å². The number of hydrogen-bond acceptors (Lipinski definition) is 5. The molecule has 1 aromatic heterocycles. The van der Waals surface area contributed by atoms with Gasteiger partial charge in [0.2, 0.25) is 5.89 Å². The van der Waals surface area contributed by atoms with Crippen molar-refractivity contribution in [1.29, 1.82) is 0 Å². The number of benzene rings is 1. The molecule has 0 radical (unpaired) electrons. The van der Waals surface area contributed by atoms with Crippen LogP contribution in [0, 0.1) is 0 Å². The summed E-state index contributed by atoms with van der Waals surface area (Å²) in [5.41, 5.74) is 1.27. The zero-order chi connectivity index (χ0) is 18.4. The van der Waals surface area contributed by atoms with Crippen molar-refractivity contribution in [3.8, 4) is 5.75 Å². The third-order valence-corrected chi connectivity index (χ3v) is 4.29. The van der Waals surface area contributed by atoms with Crippen LogP contribution in [0.25, 0.3) is 0 Å². The molecule has 3 rings (SSSR count). The van der Waals surface area contributed by atoms with Crippen molar-refractivity contribution in [2.45, 2.75) is 45.1 Å². The summed E-state index contributed by atoms with van der Waals surface area (Å²) in [5.74, 6) is 3.51. The number of rotatable bonds is 7. The van der Waals surface area contributed by atoms with E-state index in [1.54, 1.807) is 7.05 Å². The molecule has 2 heterocycles. The molecule has 1 aliphatic rings. The molecule has 7 nitrogen and oxygen atoms in total. The van der Waals surface area contributed by atoms with Gasteiger partial charge in [-0.1, -0.05) is 37.2 Å². The van der Waals surface area contributed by atoms with Crippen LogP contribution in [-0.4, -0.2) is 42.3 Å². The minimum Gasteiger partial charge on any atom is -0.488 e. The highest BCUT2D eigenvalue weighted by Crippen LogP contribution is 2.27. The van der Waals surface area contributed by atoms with E-state index in [-0.39, 0.29) is 36.0 Å². The largest absolute Gasteiger partial charge is 0.488 e. The van der Waals surface area contributed by atoms with Crippen LogP contribution in [0.15, 0.2) is 33.8 Å². The number of aliphatic imine (C=N–C) groups is 1. The Bertz CT molecular complexity index is 722. The third kappa shape index (κ3) is 6.08. The van der Waals surface area contributed by atoms with Gasteiger partial charge in [0, 0.05) is 32.4 Å². The summed E-state index contributed by atoms with van der Waals surface area (Å²) in [6.45, 7) is 5.61. The normalized spacial score (nSPS) is 15.9. The van der Waals surface area contributed by atoms with Crippen molar-refractivity contribution in [1.82, 2.24) is 20.8 Å². The number of ether oxygens (including phenoxy) is 1. The van der Waals surface area contributed by atoms with Crippen molar-refractivity contribution in [2.75, 3.05) is 20.1 Å². The molecule has 8 heteroatoms. The molecule has 2 aromatic rings. The molecule has 0 bridgehead atoms. The van der Waals surface area contributed by atoms with Crippen molar-refractivity contribution < 1.29 is 9.26 Å². The Hall–Kier alpha value is -1.84. The van der Waals surface area contributed by atoms with Crippen LogP contribution in [0.3, 0.4) is 0 Å². The summed E-state index contributed by atoms with van der Waals surface area (Å²) in [6.07, 6.45) is 2.71. The standard InChI is InChI=1S/C19H27N5O2.HI/c1-13(2)18-23-17(26-24-18)9-6-10-21-19(20-3)22-12-15-11-14-7-4-5-8-16(14)25-15;/h4-5,7-8,13,15H,6,9-12H2,1-3H3,(H2,20,21,22);1H. The Morgan fingerprint density at radius 3 is 2.81 bits per heavy atom. The lowest BCUT2D eigenvalue weighted by Crippen LogP contribution is -2.42. The van der Waals surface area contributed by atoms with Gasteiger partial charge < -0.3 is 19.9 Å². The molecular formula is C19H28IN5O2. The average Bonchev–Trinajstić information content (AvgIpc) is 3.27. The van der Waals surface area contributed by atoms with Gasteiger partial charge in [-0.25, -0.2) is 0 Å². The number of halogens is 1. The molecule has 2 N–H and O–H groups in total. The fourth-order valence-corrected chi connectivity index (χ4v) is 2.85. The summed E-state index contributed by atoms with van der Waals surface area (Å²) >= 11 is 0. The average molecular weight is 485 g/mol. The maximum Gasteiger partial charge on any atom is 0.226 e. The molecule has 0 saturated carbocycles. The van der Waals surface area contributed by atoms with Crippen LogP contribution in [0.5, 0.6) is 5.75 Å². The van der Waals surface area contributed by atoms with E-state index in [1.165, 1.54) is 5.56 Å². The number of nitrogens with one attached hydrogen (secondary N) is 2. The van der Waals surface area contributed by atoms with E-state index in [9.17, 15) is 0 Å². The summed E-state index contributed by atoms with van der Waals surface area (Å²) < 4.78 is 11.2. The maximum absolute atomic E-state index is 5.93. The molecule has 0 aliphatic carbocycles. The second kappa shape index (κ2) is 10.5. The smallest absolute Gasteiger partial charge is 0.226 e. The predicted molar refractivity (Wildman–Crippen MR) is 116 cm³/mol. The fourth-order valence-electron chi connectivity index (χ4n) is 2.85. The van der Waals surface area contributed by atoms with Gasteiger partial charge in [-0.2, -0.15) is 4.98 Å². The molecule has 1 aliphatic heterocycles. The highest BCUT2D eigenvalue weighted by Gasteiger charge is 2.22. The van der Waals surface area contributed by atoms with Crippen LogP contribution in [0.2, 0.25) is 0 Å². The highest BCUT2D eigenvalue weighted by atomic mass is 127. The molecule has 148 valence electrons. The molecule has 1 atom stereocenters. The van der Waals surface area contributed by atoms with Crippen LogP contribution < -0.4 is 15.4 Å². The SMILES string of the molecule is CN=C(NCCCc1nc(C(C)C)no1)NCC1Cc2ccccc2O1.I. The van der Waals surface area contributed by atoms with E-state index in [4.69, 9.17) is 9.26 Å². The molecule has 0 fully saturated rings. The number of hydrogen-bond donors (Lipinski definition) is 2. The molecule has 1 aromatic carbocycles. The lowest BCUT2D eigenvalue weighted by molar-refractivity contribution is 0.235. The van der Waals surface area contributed by atoms with Gasteiger partial charge in [0.25, 0.3) is 0 Å². The Labute approximate surface area is 177 Å². The molecule has 0 spiro atoms. The first-order valence-corrected chi connectivity index (χ1v) is 9.17. The fraction of sp³-hybridized carbons (Fsp3) is 0.526. The van der Waals surface area contributed by atoms with Crippen LogP contribution in [0.4, 0.5) is 0 Å². The monoisotopic (exact) mass is 485 g/mol. The Kier molecular flexibility index (Phi) is 8.33. The van der Waals surface area contributed by atoms with Gasteiger partial charge in [-0.05, 0) is 18.1 Å². The number of aromatic nitrogens is 2. The van der Waals surface area contributed by atoms with Crippen molar-refractivity contribution in [3.05, 3.63) is 41.5 Å². The lowest BCUT2D eigenvalue weighted by Gasteiger charge is -2.15. The van der Waals surface area contributed by atoms with Crippen molar-refractivity contribution in [3.63, 3.8) is 0 Å². The molecular weight excluding hydrogens is 457 g/mol. The number of guanidine groups is 1. The summed E-state index contributed by atoms with van der Waals surface area (Å²) in [7, 11) is 1.77. The predicted octanol–water partition coefficient (Wildman–Crippen LogP) is 2.91. The second-order valence-corrected chi connectivity index (χ2v) is 6.74. The van der Waals surface area contributed by atoms with E-state index in [1.807, 2.05) is 18.2 Å². The Morgan fingerprint density at radius 2 is 2.11 bits per heavy atom. The van der Waals surface area contributed by atoms with Gasteiger partial charge >= 0.3 is 0 Å². The Morgan fingerprint density at radius 1 is 1.30 bits per heavy atom. The van der Waals surface area contributed by atoms with Crippen molar-refractivity contribution >= 4 is 29.9 Å². The summed E-state index contributed by atoms with van der Waals surface area (Å²) in [6, 6.07) is 8.18. The lowest BCUT2D eigenvalue weighted by atomic mass is 10.1. The first kappa shape index (κ1) is 21.5. The number of nitrogens with zero attached hydrogens (tertiary/aromatic N) is 3. The van der Waals surface area contributed by atoms with Gasteiger partial charge in [0.1, 0.15) is 11.9 Å². The number of aryl methyl sites for hydroxylation is 1. The molecule has 0 amide bonds. The molecule has 27 heavy (non-hydrogen) atoms. The minimum absolute atomic E-state index is 0. The topological polar surface area (TPSA) is 84.6 Å². The second-order valence-electron chi connectivity index (χ2n) is 6.74. The molecule has 0 saturated heterocycles. The summed E-state index contributed by atoms with van der Waals surface area (Å²) in [4.78, 5) is 8.64. The van der Waals surface area contributed by atoms with E-state index in [2.05, 4.69) is 45.7 Å². The maximum atomic E-state index is 5.93. The number of fused-ring (bicyclic) bond motifs is 1. The third-order valence-electron chi connectivity index (χ3n) is 4.29. The van der Waals surface area contributed by atoms with Gasteiger partial charge in [0.05, 0.1) is 6.54 Å². The quantitative estimate of drug-likeness (QED) is 0.272. The first-order chi connectivity index (χ1) is 12.7. The van der Waals surface area contributed by atoms with E-state index < -0.39 is 0 Å². The van der Waals surface area contributed by atoms with Gasteiger partial charge in [-0.3, -0.25) is 4.99 Å².